The highest BCUT2D eigenvalue weighted by Crippen LogP contribution is 2.20. The lowest BCUT2D eigenvalue weighted by molar-refractivity contribution is 0.304. The monoisotopic (exact) mass is 280 g/mol. The molecule has 0 amide bonds. The minimum Gasteiger partial charge on any atom is -0.494 e. The molecule has 100 valence electrons. The van der Waals surface area contributed by atoms with E-state index in [0.29, 0.717) is 12.5 Å². The van der Waals surface area contributed by atoms with Gasteiger partial charge in [0.25, 0.3) is 0 Å². The summed E-state index contributed by atoms with van der Waals surface area (Å²) in [5.41, 5.74) is 1.73. The third-order valence-corrected chi connectivity index (χ3v) is 2.98. The first-order chi connectivity index (χ1) is 9.22. The molecule has 2 aromatic carbocycles. The van der Waals surface area contributed by atoms with Crippen molar-refractivity contribution in [3.8, 4) is 11.5 Å². The van der Waals surface area contributed by atoms with E-state index < -0.39 is 5.82 Å². The topological polar surface area (TPSA) is 18.5 Å². The molecular formula is C15H14ClFO2. The summed E-state index contributed by atoms with van der Waals surface area (Å²) >= 11 is 5.75. The Labute approximate surface area is 116 Å². The van der Waals surface area contributed by atoms with Crippen molar-refractivity contribution in [2.24, 2.45) is 0 Å². The Bertz CT molecular complexity index is 558. The number of ether oxygens (including phenoxy) is 2. The highest BCUT2D eigenvalue weighted by molar-refractivity contribution is 6.17. The normalized spacial score (nSPS) is 10.3. The lowest BCUT2D eigenvalue weighted by atomic mass is 10.2. The minimum absolute atomic E-state index is 0.230. The van der Waals surface area contributed by atoms with E-state index in [-0.39, 0.29) is 5.75 Å². The molecule has 0 unspecified atom stereocenters. The molecule has 0 saturated heterocycles. The summed E-state index contributed by atoms with van der Waals surface area (Å²) in [6, 6.07) is 12.3. The predicted octanol–water partition coefficient (Wildman–Crippen LogP) is 4.15. The van der Waals surface area contributed by atoms with E-state index in [1.807, 2.05) is 24.3 Å². The van der Waals surface area contributed by atoms with E-state index in [1.54, 1.807) is 12.1 Å². The largest absolute Gasteiger partial charge is 0.494 e. The summed E-state index contributed by atoms with van der Waals surface area (Å²) in [6.07, 6.45) is 0. The number of rotatable bonds is 5. The summed E-state index contributed by atoms with van der Waals surface area (Å²) in [4.78, 5) is 0. The molecule has 0 spiro atoms. The van der Waals surface area contributed by atoms with Crippen molar-refractivity contribution in [2.75, 3.05) is 7.11 Å². The van der Waals surface area contributed by atoms with Crippen LogP contribution >= 0.6 is 11.6 Å². The van der Waals surface area contributed by atoms with Gasteiger partial charge in [0.2, 0.25) is 0 Å². The van der Waals surface area contributed by atoms with Gasteiger partial charge < -0.3 is 9.47 Å². The minimum atomic E-state index is -0.391. The maximum Gasteiger partial charge on any atom is 0.165 e. The molecule has 0 aliphatic rings. The second-order valence-electron chi connectivity index (χ2n) is 4.04. The summed E-state index contributed by atoms with van der Waals surface area (Å²) in [7, 11) is 1.44. The standard InChI is InChI=1S/C15H14ClFO2/c1-18-15-6-5-12(8-14(15)17)10-19-13-4-2-3-11(7-13)9-16/h2-8H,9-10H2,1H3. The van der Waals surface area contributed by atoms with Crippen LogP contribution in [0.25, 0.3) is 0 Å². The van der Waals surface area contributed by atoms with Gasteiger partial charge in [-0.25, -0.2) is 4.39 Å². The van der Waals surface area contributed by atoms with Gasteiger partial charge >= 0.3 is 0 Å². The molecule has 0 N–H and O–H groups in total. The zero-order valence-corrected chi connectivity index (χ0v) is 11.3. The summed E-state index contributed by atoms with van der Waals surface area (Å²) in [5, 5.41) is 0. The van der Waals surface area contributed by atoms with Gasteiger partial charge in [-0.1, -0.05) is 18.2 Å². The summed E-state index contributed by atoms with van der Waals surface area (Å²) < 4.78 is 24.0. The van der Waals surface area contributed by atoms with Crippen LogP contribution in [-0.2, 0) is 12.5 Å². The van der Waals surface area contributed by atoms with Crippen molar-refractivity contribution in [1.29, 1.82) is 0 Å². The van der Waals surface area contributed by atoms with Crippen LogP contribution in [0.1, 0.15) is 11.1 Å². The van der Waals surface area contributed by atoms with Gasteiger partial charge in [0.15, 0.2) is 11.6 Å². The second kappa shape index (κ2) is 6.43. The molecule has 4 heteroatoms. The number of hydrogen-bond acceptors (Lipinski definition) is 2. The molecule has 0 aliphatic heterocycles. The van der Waals surface area contributed by atoms with Crippen molar-refractivity contribution < 1.29 is 13.9 Å². The highest BCUT2D eigenvalue weighted by atomic mass is 35.5. The fourth-order valence-electron chi connectivity index (χ4n) is 1.68. The summed E-state index contributed by atoms with van der Waals surface area (Å²) in [6.45, 7) is 0.298. The van der Waals surface area contributed by atoms with Crippen LogP contribution in [0.4, 0.5) is 4.39 Å². The summed E-state index contributed by atoms with van der Waals surface area (Å²) in [5.74, 6) is 0.995. The van der Waals surface area contributed by atoms with Gasteiger partial charge in [-0.2, -0.15) is 0 Å². The van der Waals surface area contributed by atoms with Crippen LogP contribution in [0.15, 0.2) is 42.5 Å². The molecule has 0 fully saturated rings. The quantitative estimate of drug-likeness (QED) is 0.766. The van der Waals surface area contributed by atoms with Crippen LogP contribution in [0, 0.1) is 5.82 Å². The first-order valence-electron chi connectivity index (χ1n) is 5.83. The molecule has 2 nitrogen and oxygen atoms in total. The SMILES string of the molecule is COc1ccc(COc2cccc(CCl)c2)cc1F. The second-order valence-corrected chi connectivity index (χ2v) is 4.31. The zero-order valence-electron chi connectivity index (χ0n) is 10.5. The molecule has 19 heavy (non-hydrogen) atoms. The van der Waals surface area contributed by atoms with Gasteiger partial charge in [0, 0.05) is 5.88 Å². The van der Waals surface area contributed by atoms with Crippen molar-refractivity contribution in [3.63, 3.8) is 0 Å². The maximum atomic E-state index is 13.5. The number of methoxy groups -OCH3 is 1. The number of alkyl halides is 1. The molecule has 0 aliphatic carbocycles. The molecule has 2 aromatic rings. The molecule has 0 heterocycles. The molecule has 0 radical (unpaired) electrons. The van der Waals surface area contributed by atoms with Crippen molar-refractivity contribution in [2.45, 2.75) is 12.5 Å². The predicted molar refractivity (Wildman–Crippen MR) is 73.3 cm³/mol. The first kappa shape index (κ1) is 13.7. The van der Waals surface area contributed by atoms with Gasteiger partial charge in [-0.3, -0.25) is 0 Å². The van der Waals surface area contributed by atoms with Gasteiger partial charge in [0.05, 0.1) is 7.11 Å². The Balaban J connectivity index is 2.03. The van der Waals surface area contributed by atoms with E-state index in [9.17, 15) is 4.39 Å². The molecule has 2 rings (SSSR count). The lowest BCUT2D eigenvalue weighted by Gasteiger charge is -2.08. The van der Waals surface area contributed by atoms with Crippen molar-refractivity contribution >= 4 is 11.6 Å². The van der Waals surface area contributed by atoms with Crippen molar-refractivity contribution in [1.82, 2.24) is 0 Å². The fraction of sp³-hybridized carbons (Fsp3) is 0.200. The average molecular weight is 281 g/mol. The third-order valence-electron chi connectivity index (χ3n) is 2.67. The molecule has 0 atom stereocenters. The van der Waals surface area contributed by atoms with E-state index >= 15 is 0 Å². The molecule has 0 aromatic heterocycles. The Morgan fingerprint density at radius 1 is 1.11 bits per heavy atom. The Kier molecular flexibility index (Phi) is 4.63. The van der Waals surface area contributed by atoms with E-state index in [2.05, 4.69) is 0 Å². The smallest absolute Gasteiger partial charge is 0.165 e. The van der Waals surface area contributed by atoms with Gasteiger partial charge in [0.1, 0.15) is 12.4 Å². The molecule has 0 bridgehead atoms. The maximum absolute atomic E-state index is 13.5. The van der Waals surface area contributed by atoms with Crippen LogP contribution in [-0.4, -0.2) is 7.11 Å². The number of benzene rings is 2. The zero-order chi connectivity index (χ0) is 13.7. The number of halogens is 2. The fourth-order valence-corrected chi connectivity index (χ4v) is 1.85. The average Bonchev–Trinajstić information content (AvgIpc) is 2.45. The molecular weight excluding hydrogens is 267 g/mol. The van der Waals surface area contributed by atoms with E-state index in [4.69, 9.17) is 21.1 Å². The third kappa shape index (κ3) is 3.61. The van der Waals surface area contributed by atoms with Gasteiger partial charge in [-0.05, 0) is 35.4 Å². The Morgan fingerprint density at radius 2 is 1.95 bits per heavy atom. The van der Waals surface area contributed by atoms with E-state index in [0.717, 1.165) is 16.9 Å². The number of hydrogen-bond donors (Lipinski definition) is 0. The van der Waals surface area contributed by atoms with Crippen LogP contribution < -0.4 is 9.47 Å². The van der Waals surface area contributed by atoms with Crippen molar-refractivity contribution in [3.05, 3.63) is 59.4 Å². The molecule has 0 saturated carbocycles. The van der Waals surface area contributed by atoms with E-state index in [1.165, 1.54) is 13.2 Å². The highest BCUT2D eigenvalue weighted by Gasteiger charge is 2.04. The Hall–Kier alpha value is -1.74. The first-order valence-corrected chi connectivity index (χ1v) is 6.36. The lowest BCUT2D eigenvalue weighted by Crippen LogP contribution is -1.97. The van der Waals surface area contributed by atoms with Gasteiger partial charge in [-0.15, -0.1) is 11.6 Å². The van der Waals surface area contributed by atoms with Crippen LogP contribution in [0.2, 0.25) is 0 Å². The Morgan fingerprint density at radius 3 is 2.63 bits per heavy atom. The van der Waals surface area contributed by atoms with Crippen LogP contribution in [0.5, 0.6) is 11.5 Å². The van der Waals surface area contributed by atoms with Crippen LogP contribution in [0.3, 0.4) is 0 Å².